The molecule has 0 spiro atoms. The number of ether oxygens (including phenoxy) is 1. The third kappa shape index (κ3) is 3.14. The molecule has 0 saturated carbocycles. The van der Waals surface area contributed by atoms with Crippen molar-refractivity contribution in [3.8, 4) is 17.5 Å². The van der Waals surface area contributed by atoms with Gasteiger partial charge in [-0.25, -0.2) is 4.68 Å². The maximum atomic E-state index is 12.2. The van der Waals surface area contributed by atoms with Crippen LogP contribution in [0.15, 0.2) is 24.3 Å². The van der Waals surface area contributed by atoms with E-state index in [1.54, 1.807) is 4.68 Å². The molecule has 0 atom stereocenters. The van der Waals surface area contributed by atoms with Gasteiger partial charge in [-0.3, -0.25) is 0 Å². The fourth-order valence-electron chi connectivity index (χ4n) is 2.65. The summed E-state index contributed by atoms with van der Waals surface area (Å²) in [5.41, 5.74) is 2.74. The Morgan fingerprint density at radius 2 is 1.96 bits per heavy atom. The molecule has 1 aliphatic rings. The van der Waals surface area contributed by atoms with Crippen LogP contribution < -0.4 is 4.74 Å². The summed E-state index contributed by atoms with van der Waals surface area (Å²) in [7, 11) is 1.96. The summed E-state index contributed by atoms with van der Waals surface area (Å²) >= 11 is 0. The topological polar surface area (TPSA) is 54.1 Å². The molecule has 3 rings (SSSR count). The molecule has 5 nitrogen and oxygen atoms in total. The zero-order valence-corrected chi connectivity index (χ0v) is 12.3. The van der Waals surface area contributed by atoms with E-state index < -0.39 is 6.36 Å². The van der Waals surface area contributed by atoms with E-state index in [0.717, 1.165) is 24.2 Å². The number of nitriles is 1. The maximum Gasteiger partial charge on any atom is 0.573 e. The van der Waals surface area contributed by atoms with Gasteiger partial charge in [0, 0.05) is 25.1 Å². The van der Waals surface area contributed by atoms with Gasteiger partial charge in [-0.1, -0.05) is 0 Å². The fourth-order valence-corrected chi connectivity index (χ4v) is 2.65. The Kier molecular flexibility index (Phi) is 3.74. The molecule has 1 aliphatic heterocycles. The molecule has 1 aromatic heterocycles. The van der Waals surface area contributed by atoms with Crippen molar-refractivity contribution in [3.05, 3.63) is 41.2 Å². The second-order valence-corrected chi connectivity index (χ2v) is 5.33. The summed E-state index contributed by atoms with van der Waals surface area (Å²) in [4.78, 5) is 2.09. The molecular weight excluding hydrogens is 309 g/mol. The number of aromatic nitrogens is 2. The molecule has 23 heavy (non-hydrogen) atoms. The summed E-state index contributed by atoms with van der Waals surface area (Å²) in [6.07, 6.45) is -3.99. The first-order valence-electron chi connectivity index (χ1n) is 6.93. The van der Waals surface area contributed by atoms with E-state index in [-0.39, 0.29) is 5.75 Å². The molecule has 0 aliphatic carbocycles. The van der Waals surface area contributed by atoms with Crippen molar-refractivity contribution in [3.63, 3.8) is 0 Å². The Morgan fingerprint density at radius 1 is 1.26 bits per heavy atom. The largest absolute Gasteiger partial charge is 0.573 e. The molecule has 0 radical (unpaired) electrons. The van der Waals surface area contributed by atoms with Crippen molar-refractivity contribution in [2.45, 2.75) is 19.3 Å². The van der Waals surface area contributed by atoms with E-state index in [0.29, 0.717) is 17.9 Å². The van der Waals surface area contributed by atoms with Gasteiger partial charge < -0.3 is 9.64 Å². The molecule has 2 heterocycles. The molecule has 0 unspecified atom stereocenters. The predicted molar refractivity (Wildman–Crippen MR) is 75.0 cm³/mol. The average molecular weight is 322 g/mol. The number of nitrogens with zero attached hydrogens (tertiary/aromatic N) is 4. The minimum absolute atomic E-state index is 0.289. The molecule has 1 aromatic carbocycles. The second-order valence-electron chi connectivity index (χ2n) is 5.33. The van der Waals surface area contributed by atoms with Gasteiger partial charge >= 0.3 is 6.36 Å². The zero-order chi connectivity index (χ0) is 16.6. The van der Waals surface area contributed by atoms with Gasteiger partial charge in [0.15, 0.2) is 5.69 Å². The number of hydrogen-bond donors (Lipinski definition) is 0. The van der Waals surface area contributed by atoms with Crippen LogP contribution in [0.25, 0.3) is 5.69 Å². The lowest BCUT2D eigenvalue weighted by atomic mass is 10.1. The minimum atomic E-state index is -4.72. The van der Waals surface area contributed by atoms with E-state index >= 15 is 0 Å². The number of fused-ring (bicyclic) bond motifs is 1. The smallest absolute Gasteiger partial charge is 0.406 e. The molecule has 0 amide bonds. The second kappa shape index (κ2) is 5.59. The number of likely N-dealkylation sites (N-methyl/N-ethyl adjacent to an activating group) is 1. The first-order valence-corrected chi connectivity index (χ1v) is 6.93. The van der Waals surface area contributed by atoms with Crippen molar-refractivity contribution >= 4 is 0 Å². The Balaban J connectivity index is 1.95. The summed E-state index contributed by atoms with van der Waals surface area (Å²) in [6, 6.07) is 7.53. The lowest BCUT2D eigenvalue weighted by Crippen LogP contribution is -2.27. The number of rotatable bonds is 2. The maximum absolute atomic E-state index is 12.2. The van der Waals surface area contributed by atoms with Gasteiger partial charge in [0.2, 0.25) is 0 Å². The molecule has 8 heteroatoms. The Hall–Kier alpha value is -2.53. The van der Waals surface area contributed by atoms with Gasteiger partial charge in [-0.15, -0.1) is 13.2 Å². The van der Waals surface area contributed by atoms with Crippen LogP contribution in [-0.2, 0) is 13.0 Å². The molecule has 0 bridgehead atoms. The number of hydrogen-bond acceptors (Lipinski definition) is 4. The summed E-state index contributed by atoms with van der Waals surface area (Å²) in [6.45, 7) is 1.46. The van der Waals surface area contributed by atoms with Crippen LogP contribution in [-0.4, -0.2) is 34.6 Å². The van der Waals surface area contributed by atoms with E-state index in [2.05, 4.69) is 20.8 Å². The molecule has 0 saturated heterocycles. The Morgan fingerprint density at radius 3 is 2.57 bits per heavy atom. The lowest BCUT2D eigenvalue weighted by Gasteiger charge is -2.23. The highest BCUT2D eigenvalue weighted by molar-refractivity contribution is 5.44. The lowest BCUT2D eigenvalue weighted by molar-refractivity contribution is -0.274. The van der Waals surface area contributed by atoms with Crippen molar-refractivity contribution in [1.82, 2.24) is 14.7 Å². The van der Waals surface area contributed by atoms with Crippen molar-refractivity contribution in [1.29, 1.82) is 5.26 Å². The number of alkyl halides is 3. The van der Waals surface area contributed by atoms with Crippen LogP contribution in [0.3, 0.4) is 0 Å². The van der Waals surface area contributed by atoms with Gasteiger partial charge in [0.1, 0.15) is 11.8 Å². The van der Waals surface area contributed by atoms with Gasteiger partial charge in [-0.2, -0.15) is 10.4 Å². The van der Waals surface area contributed by atoms with E-state index in [1.165, 1.54) is 24.3 Å². The first-order chi connectivity index (χ1) is 10.9. The third-order valence-electron chi connectivity index (χ3n) is 3.67. The minimum Gasteiger partial charge on any atom is -0.406 e. The average Bonchev–Trinajstić information content (AvgIpc) is 2.84. The first kappa shape index (κ1) is 15.4. The van der Waals surface area contributed by atoms with Crippen LogP contribution in [0.1, 0.15) is 17.0 Å². The molecule has 120 valence electrons. The highest BCUT2D eigenvalue weighted by atomic mass is 19.4. The van der Waals surface area contributed by atoms with E-state index in [9.17, 15) is 18.4 Å². The van der Waals surface area contributed by atoms with E-state index in [4.69, 9.17) is 0 Å². The third-order valence-corrected chi connectivity index (χ3v) is 3.67. The normalized spacial score (nSPS) is 15.1. The van der Waals surface area contributed by atoms with Crippen LogP contribution in [0.2, 0.25) is 0 Å². The fraction of sp³-hybridized carbons (Fsp3) is 0.333. The highest BCUT2D eigenvalue weighted by Gasteiger charge is 2.31. The van der Waals surface area contributed by atoms with Gasteiger partial charge in [0.25, 0.3) is 0 Å². The molecular formula is C15H13F3N4O. The van der Waals surface area contributed by atoms with Crippen molar-refractivity contribution in [2.75, 3.05) is 13.6 Å². The van der Waals surface area contributed by atoms with Gasteiger partial charge in [-0.05, 0) is 31.3 Å². The number of halogens is 3. The Bertz CT molecular complexity index is 759. The van der Waals surface area contributed by atoms with Crippen molar-refractivity contribution in [2.24, 2.45) is 0 Å². The predicted octanol–water partition coefficient (Wildman–Crippen LogP) is 2.63. The Labute approximate surface area is 130 Å². The van der Waals surface area contributed by atoms with Crippen LogP contribution in [0.4, 0.5) is 13.2 Å². The van der Waals surface area contributed by atoms with Crippen LogP contribution >= 0.6 is 0 Å². The summed E-state index contributed by atoms with van der Waals surface area (Å²) < 4.78 is 42.1. The monoisotopic (exact) mass is 322 g/mol. The standard InChI is InChI=1S/C15H13F3N4O/c1-21-7-6-14-12(9-21)13(8-19)20-22(14)10-2-4-11(5-3-10)23-15(16,17)18/h2-5H,6-7,9H2,1H3. The molecule has 2 aromatic rings. The zero-order valence-electron chi connectivity index (χ0n) is 12.3. The summed E-state index contributed by atoms with van der Waals surface area (Å²) in [5, 5.41) is 13.5. The van der Waals surface area contributed by atoms with Crippen LogP contribution in [0.5, 0.6) is 5.75 Å². The van der Waals surface area contributed by atoms with E-state index in [1.807, 2.05) is 7.05 Å². The quantitative estimate of drug-likeness (QED) is 0.853. The molecule has 0 N–H and O–H groups in total. The summed E-state index contributed by atoms with van der Waals surface area (Å²) in [5.74, 6) is -0.289. The van der Waals surface area contributed by atoms with Gasteiger partial charge in [0.05, 0.1) is 11.4 Å². The van der Waals surface area contributed by atoms with Crippen LogP contribution in [0, 0.1) is 11.3 Å². The molecule has 0 fully saturated rings. The number of benzene rings is 1. The van der Waals surface area contributed by atoms with Crippen molar-refractivity contribution < 1.29 is 17.9 Å². The SMILES string of the molecule is CN1CCc2c(c(C#N)nn2-c2ccc(OC(F)(F)F)cc2)C1. The highest BCUT2D eigenvalue weighted by Crippen LogP contribution is 2.27.